The highest BCUT2D eigenvalue weighted by atomic mass is 32.2. The van der Waals surface area contributed by atoms with E-state index in [0.29, 0.717) is 5.56 Å². The van der Waals surface area contributed by atoms with Gasteiger partial charge in [-0.3, -0.25) is 4.79 Å². The summed E-state index contributed by atoms with van der Waals surface area (Å²) in [6.07, 6.45) is 0. The van der Waals surface area contributed by atoms with E-state index in [4.69, 9.17) is 4.74 Å². The van der Waals surface area contributed by atoms with Crippen LogP contribution in [0.4, 0.5) is 5.69 Å². The average Bonchev–Trinajstić information content (AvgIpc) is 2.59. The molecule has 0 aliphatic carbocycles. The Bertz CT molecular complexity index is 877. The van der Waals surface area contributed by atoms with Crippen molar-refractivity contribution in [1.29, 1.82) is 0 Å². The summed E-state index contributed by atoms with van der Waals surface area (Å²) in [5.41, 5.74) is 3.20. The standard InChI is InChI=1S/C19H24N2O4S/c1-13-6-5-7-18(15(13)3)20-19(22)16-8-10-17(11-9-16)26(23,24)21-14(2)12-25-4/h5-11,14,21H,12H2,1-4H3,(H,20,22)/t14-/m0/s1. The molecule has 0 saturated carbocycles. The molecule has 1 amide bonds. The number of anilines is 1. The Morgan fingerprint density at radius 3 is 2.38 bits per heavy atom. The van der Waals surface area contributed by atoms with Crippen LogP contribution in [0, 0.1) is 13.8 Å². The topological polar surface area (TPSA) is 84.5 Å². The number of nitrogens with one attached hydrogen (secondary N) is 2. The van der Waals surface area contributed by atoms with E-state index in [1.807, 2.05) is 32.0 Å². The second-order valence-corrected chi connectivity index (χ2v) is 7.92. The minimum Gasteiger partial charge on any atom is -0.383 e. The van der Waals surface area contributed by atoms with Gasteiger partial charge in [0, 0.05) is 24.4 Å². The van der Waals surface area contributed by atoms with Gasteiger partial charge in [0.1, 0.15) is 0 Å². The number of carbonyl (C=O) groups is 1. The van der Waals surface area contributed by atoms with Crippen LogP contribution in [-0.4, -0.2) is 34.1 Å². The number of ether oxygens (including phenoxy) is 1. The van der Waals surface area contributed by atoms with Gasteiger partial charge in [-0.15, -0.1) is 0 Å². The molecule has 0 saturated heterocycles. The molecule has 26 heavy (non-hydrogen) atoms. The second kappa shape index (κ2) is 8.44. The number of rotatable bonds is 7. The van der Waals surface area contributed by atoms with E-state index in [0.717, 1.165) is 16.8 Å². The minimum absolute atomic E-state index is 0.101. The highest BCUT2D eigenvalue weighted by Gasteiger charge is 2.18. The van der Waals surface area contributed by atoms with Crippen molar-refractivity contribution in [2.24, 2.45) is 0 Å². The second-order valence-electron chi connectivity index (χ2n) is 6.20. The van der Waals surface area contributed by atoms with Crippen molar-refractivity contribution in [2.45, 2.75) is 31.7 Å². The maximum atomic E-state index is 12.4. The Morgan fingerprint density at radius 1 is 1.12 bits per heavy atom. The Morgan fingerprint density at radius 2 is 1.77 bits per heavy atom. The van der Waals surface area contributed by atoms with Crippen molar-refractivity contribution < 1.29 is 17.9 Å². The predicted octanol–water partition coefficient (Wildman–Crippen LogP) is 2.87. The molecule has 6 nitrogen and oxygen atoms in total. The van der Waals surface area contributed by atoms with Gasteiger partial charge in [0.05, 0.1) is 11.5 Å². The summed E-state index contributed by atoms with van der Waals surface area (Å²) in [7, 11) is -2.15. The van der Waals surface area contributed by atoms with Gasteiger partial charge in [-0.25, -0.2) is 13.1 Å². The van der Waals surface area contributed by atoms with Crippen LogP contribution >= 0.6 is 0 Å². The third-order valence-electron chi connectivity index (χ3n) is 4.05. The van der Waals surface area contributed by atoms with E-state index in [1.54, 1.807) is 6.92 Å². The summed E-state index contributed by atoms with van der Waals surface area (Å²) in [5, 5.41) is 2.85. The number of amides is 1. The molecular formula is C19H24N2O4S. The fraction of sp³-hybridized carbons (Fsp3) is 0.316. The van der Waals surface area contributed by atoms with Gasteiger partial charge in [0.25, 0.3) is 5.91 Å². The largest absolute Gasteiger partial charge is 0.383 e. The van der Waals surface area contributed by atoms with Gasteiger partial charge in [-0.05, 0) is 62.2 Å². The van der Waals surface area contributed by atoms with Crippen LogP contribution in [0.2, 0.25) is 0 Å². The summed E-state index contributed by atoms with van der Waals surface area (Å²) in [6.45, 7) is 5.90. The van der Waals surface area contributed by atoms with Gasteiger partial charge in [0.15, 0.2) is 0 Å². The normalized spacial score (nSPS) is 12.6. The molecule has 0 heterocycles. The molecule has 1 atom stereocenters. The Kier molecular flexibility index (Phi) is 6.52. The molecule has 0 aliphatic rings. The number of hydrogen-bond donors (Lipinski definition) is 2. The van der Waals surface area contributed by atoms with Crippen molar-refractivity contribution >= 4 is 21.6 Å². The molecule has 0 aromatic heterocycles. The van der Waals surface area contributed by atoms with Gasteiger partial charge in [-0.1, -0.05) is 12.1 Å². The van der Waals surface area contributed by atoms with Crippen molar-refractivity contribution in [2.75, 3.05) is 19.0 Å². The highest BCUT2D eigenvalue weighted by Crippen LogP contribution is 2.19. The van der Waals surface area contributed by atoms with E-state index < -0.39 is 10.0 Å². The van der Waals surface area contributed by atoms with E-state index in [1.165, 1.54) is 31.4 Å². The Labute approximate surface area is 154 Å². The number of benzene rings is 2. The summed E-state index contributed by atoms with van der Waals surface area (Å²) in [6, 6.07) is 11.2. The van der Waals surface area contributed by atoms with Crippen LogP contribution in [0.1, 0.15) is 28.4 Å². The first kappa shape index (κ1) is 20.1. The summed E-state index contributed by atoms with van der Waals surface area (Å²) < 4.78 is 32.1. The van der Waals surface area contributed by atoms with Crippen molar-refractivity contribution in [3.05, 3.63) is 59.2 Å². The third-order valence-corrected chi connectivity index (χ3v) is 5.66. The third kappa shape index (κ3) is 4.91. The molecule has 7 heteroatoms. The lowest BCUT2D eigenvalue weighted by Crippen LogP contribution is -2.35. The highest BCUT2D eigenvalue weighted by molar-refractivity contribution is 7.89. The number of hydrogen-bond acceptors (Lipinski definition) is 4. The molecule has 0 unspecified atom stereocenters. The monoisotopic (exact) mass is 376 g/mol. The fourth-order valence-corrected chi connectivity index (χ4v) is 3.71. The minimum atomic E-state index is -3.66. The summed E-state index contributed by atoms with van der Waals surface area (Å²) >= 11 is 0. The van der Waals surface area contributed by atoms with E-state index in [-0.39, 0.29) is 23.5 Å². The quantitative estimate of drug-likeness (QED) is 0.778. The van der Waals surface area contributed by atoms with E-state index >= 15 is 0 Å². The molecule has 0 bridgehead atoms. The molecule has 2 aromatic rings. The van der Waals surface area contributed by atoms with Crippen LogP contribution in [0.25, 0.3) is 0 Å². The zero-order chi connectivity index (χ0) is 19.3. The Hall–Kier alpha value is -2.22. The van der Waals surface area contributed by atoms with Crippen molar-refractivity contribution in [3.63, 3.8) is 0 Å². The smallest absolute Gasteiger partial charge is 0.255 e. The number of methoxy groups -OCH3 is 1. The van der Waals surface area contributed by atoms with Crippen LogP contribution in [-0.2, 0) is 14.8 Å². The predicted molar refractivity (Wildman–Crippen MR) is 102 cm³/mol. The maximum absolute atomic E-state index is 12.4. The van der Waals surface area contributed by atoms with Crippen LogP contribution in [0.3, 0.4) is 0 Å². The van der Waals surface area contributed by atoms with Crippen molar-refractivity contribution in [3.8, 4) is 0 Å². The SMILES string of the molecule is COC[C@H](C)NS(=O)(=O)c1ccc(C(=O)Nc2cccc(C)c2C)cc1. The number of carbonyl (C=O) groups excluding carboxylic acids is 1. The van der Waals surface area contributed by atoms with Gasteiger partial charge >= 0.3 is 0 Å². The van der Waals surface area contributed by atoms with Gasteiger partial charge in [-0.2, -0.15) is 0 Å². The number of sulfonamides is 1. The first-order chi connectivity index (χ1) is 12.2. The zero-order valence-corrected chi connectivity index (χ0v) is 16.2. The lowest BCUT2D eigenvalue weighted by atomic mass is 10.1. The van der Waals surface area contributed by atoms with Crippen LogP contribution < -0.4 is 10.0 Å². The van der Waals surface area contributed by atoms with Gasteiger partial charge in [0.2, 0.25) is 10.0 Å². The van der Waals surface area contributed by atoms with E-state index in [9.17, 15) is 13.2 Å². The molecule has 0 spiro atoms. The molecule has 140 valence electrons. The molecule has 2 N–H and O–H groups in total. The summed E-state index contributed by atoms with van der Waals surface area (Å²) in [4.78, 5) is 12.5. The maximum Gasteiger partial charge on any atom is 0.255 e. The van der Waals surface area contributed by atoms with Gasteiger partial charge < -0.3 is 10.1 Å². The summed E-state index contributed by atoms with van der Waals surface area (Å²) in [5.74, 6) is -0.289. The first-order valence-electron chi connectivity index (χ1n) is 8.23. The fourth-order valence-electron chi connectivity index (χ4n) is 2.48. The molecule has 0 fully saturated rings. The van der Waals surface area contributed by atoms with Crippen LogP contribution in [0.15, 0.2) is 47.4 Å². The lowest BCUT2D eigenvalue weighted by molar-refractivity contribution is 0.102. The molecule has 0 aliphatic heterocycles. The lowest BCUT2D eigenvalue weighted by Gasteiger charge is -2.14. The molecular weight excluding hydrogens is 352 g/mol. The molecule has 2 rings (SSSR count). The number of aryl methyl sites for hydroxylation is 1. The Balaban J connectivity index is 2.13. The zero-order valence-electron chi connectivity index (χ0n) is 15.4. The van der Waals surface area contributed by atoms with E-state index in [2.05, 4.69) is 10.0 Å². The average molecular weight is 376 g/mol. The molecule has 0 radical (unpaired) electrons. The molecule has 2 aromatic carbocycles. The van der Waals surface area contributed by atoms with Crippen molar-refractivity contribution in [1.82, 2.24) is 4.72 Å². The first-order valence-corrected chi connectivity index (χ1v) is 9.72. The van der Waals surface area contributed by atoms with Crippen LogP contribution in [0.5, 0.6) is 0 Å².